The highest BCUT2D eigenvalue weighted by Crippen LogP contribution is 2.38. The van der Waals surface area contributed by atoms with Crippen LogP contribution in [-0.4, -0.2) is 61.8 Å². The molecule has 2 aliphatic rings. The highest BCUT2D eigenvalue weighted by atomic mass is 35.5. The molecule has 4 rings (SSSR count). The molecule has 184 valence electrons. The van der Waals surface area contributed by atoms with Gasteiger partial charge >= 0.3 is 5.97 Å². The smallest absolute Gasteiger partial charge is 0.341 e. The fourth-order valence-corrected chi connectivity index (χ4v) is 7.54. The normalized spacial score (nSPS) is 19.3. The summed E-state index contributed by atoms with van der Waals surface area (Å²) in [7, 11) is -2.56. The van der Waals surface area contributed by atoms with E-state index >= 15 is 0 Å². The zero-order valence-electron chi connectivity index (χ0n) is 19.3. The molecule has 1 N–H and O–H groups in total. The first kappa shape index (κ1) is 25.1. The molecule has 2 aliphatic heterocycles. The molecule has 1 saturated heterocycles. The Morgan fingerprint density at radius 3 is 2.56 bits per heavy atom. The van der Waals surface area contributed by atoms with Crippen molar-refractivity contribution in [1.82, 2.24) is 9.21 Å². The number of ether oxygens (including phenoxy) is 1. The zero-order chi connectivity index (χ0) is 24.6. The van der Waals surface area contributed by atoms with Gasteiger partial charge in [-0.05, 0) is 62.9 Å². The predicted octanol–water partition coefficient (Wildman–Crippen LogP) is 3.75. The van der Waals surface area contributed by atoms with E-state index in [1.165, 1.54) is 47.0 Å². The molecule has 2 aromatic rings. The summed E-state index contributed by atoms with van der Waals surface area (Å²) >= 11 is 7.26. The molecule has 1 amide bonds. The van der Waals surface area contributed by atoms with Gasteiger partial charge in [-0.1, -0.05) is 11.6 Å². The Morgan fingerprint density at radius 2 is 1.91 bits per heavy atom. The number of rotatable bonds is 6. The van der Waals surface area contributed by atoms with E-state index < -0.39 is 27.9 Å². The average Bonchev–Trinajstić information content (AvgIpc) is 3.43. The number of nitrogens with one attached hydrogen (secondary N) is 1. The maximum absolute atomic E-state index is 13.3. The molecule has 1 atom stereocenters. The molecule has 1 fully saturated rings. The largest absolute Gasteiger partial charge is 0.465 e. The van der Waals surface area contributed by atoms with Crippen LogP contribution in [0.3, 0.4) is 0 Å². The van der Waals surface area contributed by atoms with Crippen molar-refractivity contribution < 1.29 is 22.7 Å². The highest BCUT2D eigenvalue weighted by molar-refractivity contribution is 7.89. The molecule has 1 unspecified atom stereocenters. The molecule has 3 heterocycles. The Hall–Kier alpha value is -1.98. The van der Waals surface area contributed by atoms with Crippen molar-refractivity contribution >= 4 is 49.8 Å². The number of hydrogen-bond donors (Lipinski definition) is 1. The molecule has 0 saturated carbocycles. The minimum Gasteiger partial charge on any atom is -0.465 e. The SMILES string of the molecule is COC(=O)c1c(NC(=O)C2CCCN2S(=O)(=O)c2ccc(Cl)cc2)sc2c1CCN(C(C)C)C2. The third-order valence-electron chi connectivity index (χ3n) is 6.37. The lowest BCUT2D eigenvalue weighted by Crippen LogP contribution is -2.43. The number of amides is 1. The lowest BCUT2D eigenvalue weighted by molar-refractivity contribution is -0.119. The summed E-state index contributed by atoms with van der Waals surface area (Å²) in [6, 6.07) is 5.40. The van der Waals surface area contributed by atoms with Crippen molar-refractivity contribution in [3.05, 3.63) is 45.3 Å². The van der Waals surface area contributed by atoms with Crippen molar-refractivity contribution in [2.24, 2.45) is 0 Å². The standard InChI is InChI=1S/C23H28ClN3O5S2/c1-14(2)26-12-10-17-19(13-26)33-22(20(17)23(29)32-3)25-21(28)18-5-4-11-27(18)34(30,31)16-8-6-15(24)7-9-16/h6-9,14,18H,4-5,10-13H2,1-3H3,(H,25,28). The van der Waals surface area contributed by atoms with Gasteiger partial charge in [0, 0.05) is 35.6 Å². The van der Waals surface area contributed by atoms with Gasteiger partial charge in [-0.2, -0.15) is 4.31 Å². The van der Waals surface area contributed by atoms with Gasteiger partial charge in [-0.15, -0.1) is 11.3 Å². The Bertz CT molecular complexity index is 1190. The summed E-state index contributed by atoms with van der Waals surface area (Å²) in [6.45, 7) is 6.00. The second kappa shape index (κ2) is 9.94. The van der Waals surface area contributed by atoms with Gasteiger partial charge in [0.15, 0.2) is 0 Å². The van der Waals surface area contributed by atoms with Crippen molar-refractivity contribution in [3.63, 3.8) is 0 Å². The molecular weight excluding hydrogens is 498 g/mol. The molecule has 8 nitrogen and oxygen atoms in total. The fourth-order valence-electron chi connectivity index (χ4n) is 4.50. The monoisotopic (exact) mass is 525 g/mol. The third kappa shape index (κ3) is 4.74. The van der Waals surface area contributed by atoms with E-state index in [2.05, 4.69) is 24.1 Å². The molecule has 1 aromatic heterocycles. The number of carbonyl (C=O) groups is 2. The number of benzene rings is 1. The van der Waals surface area contributed by atoms with Gasteiger partial charge in [0.05, 0.1) is 17.6 Å². The van der Waals surface area contributed by atoms with E-state index in [0.717, 1.165) is 17.0 Å². The molecule has 0 bridgehead atoms. The van der Waals surface area contributed by atoms with E-state index in [0.29, 0.717) is 47.4 Å². The predicted molar refractivity (Wildman–Crippen MR) is 132 cm³/mol. The molecular formula is C23H28ClN3O5S2. The highest BCUT2D eigenvalue weighted by Gasteiger charge is 2.40. The van der Waals surface area contributed by atoms with Crippen LogP contribution in [-0.2, 0) is 32.5 Å². The van der Waals surface area contributed by atoms with Gasteiger partial charge in [-0.25, -0.2) is 13.2 Å². The molecule has 0 aliphatic carbocycles. The van der Waals surface area contributed by atoms with E-state index in [4.69, 9.17) is 16.3 Å². The Balaban J connectivity index is 1.61. The topological polar surface area (TPSA) is 96.0 Å². The van der Waals surface area contributed by atoms with Crippen molar-refractivity contribution in [3.8, 4) is 0 Å². The third-order valence-corrected chi connectivity index (χ3v) is 9.68. The summed E-state index contributed by atoms with van der Waals surface area (Å²) < 4.78 is 32.7. The van der Waals surface area contributed by atoms with Crippen LogP contribution in [0, 0.1) is 0 Å². The summed E-state index contributed by atoms with van der Waals surface area (Å²) in [5, 5.41) is 3.72. The minimum atomic E-state index is -3.87. The number of sulfonamides is 1. The van der Waals surface area contributed by atoms with Crippen LogP contribution < -0.4 is 5.32 Å². The van der Waals surface area contributed by atoms with Crippen LogP contribution in [0.4, 0.5) is 5.00 Å². The van der Waals surface area contributed by atoms with Gasteiger partial charge in [-0.3, -0.25) is 9.69 Å². The first-order chi connectivity index (χ1) is 16.1. The van der Waals surface area contributed by atoms with Gasteiger partial charge in [0.2, 0.25) is 15.9 Å². The van der Waals surface area contributed by atoms with Gasteiger partial charge in [0.25, 0.3) is 0 Å². The number of nitrogens with zero attached hydrogens (tertiary/aromatic N) is 2. The van der Waals surface area contributed by atoms with Crippen LogP contribution in [0.15, 0.2) is 29.2 Å². The van der Waals surface area contributed by atoms with Crippen LogP contribution in [0.2, 0.25) is 5.02 Å². The number of carbonyl (C=O) groups excluding carboxylic acids is 2. The first-order valence-electron chi connectivity index (χ1n) is 11.2. The Labute approximate surface area is 208 Å². The molecule has 1 aromatic carbocycles. The minimum absolute atomic E-state index is 0.0900. The molecule has 34 heavy (non-hydrogen) atoms. The van der Waals surface area contributed by atoms with Crippen LogP contribution in [0.25, 0.3) is 0 Å². The van der Waals surface area contributed by atoms with E-state index in [1.807, 2.05) is 0 Å². The number of fused-ring (bicyclic) bond motifs is 1. The number of thiophene rings is 1. The van der Waals surface area contributed by atoms with Gasteiger partial charge < -0.3 is 10.1 Å². The molecule has 0 radical (unpaired) electrons. The summed E-state index contributed by atoms with van der Waals surface area (Å²) in [5.41, 5.74) is 1.28. The number of methoxy groups -OCH3 is 1. The number of anilines is 1. The van der Waals surface area contributed by atoms with Crippen molar-refractivity contribution in [2.75, 3.05) is 25.5 Å². The van der Waals surface area contributed by atoms with Crippen LogP contribution in [0.5, 0.6) is 0 Å². The lowest BCUT2D eigenvalue weighted by Gasteiger charge is -2.30. The second-order valence-electron chi connectivity index (χ2n) is 8.73. The first-order valence-corrected chi connectivity index (χ1v) is 13.8. The zero-order valence-corrected chi connectivity index (χ0v) is 21.7. The van der Waals surface area contributed by atoms with E-state index in [1.54, 1.807) is 0 Å². The average molecular weight is 526 g/mol. The lowest BCUT2D eigenvalue weighted by atomic mass is 10.0. The summed E-state index contributed by atoms with van der Waals surface area (Å²) in [4.78, 5) is 29.4. The number of esters is 1. The van der Waals surface area contributed by atoms with E-state index in [9.17, 15) is 18.0 Å². The summed E-state index contributed by atoms with van der Waals surface area (Å²) in [6.07, 6.45) is 1.66. The van der Waals surface area contributed by atoms with Gasteiger partial charge in [0.1, 0.15) is 11.0 Å². The van der Waals surface area contributed by atoms with Crippen LogP contribution >= 0.6 is 22.9 Å². The van der Waals surface area contributed by atoms with Crippen molar-refractivity contribution in [1.29, 1.82) is 0 Å². The molecule has 0 spiro atoms. The van der Waals surface area contributed by atoms with Crippen molar-refractivity contribution in [2.45, 2.75) is 56.6 Å². The van der Waals surface area contributed by atoms with E-state index in [-0.39, 0.29) is 11.4 Å². The Morgan fingerprint density at radius 1 is 1.21 bits per heavy atom. The maximum atomic E-state index is 13.3. The maximum Gasteiger partial charge on any atom is 0.341 e. The number of halogens is 1. The summed E-state index contributed by atoms with van der Waals surface area (Å²) in [5.74, 6) is -0.942. The fraction of sp³-hybridized carbons (Fsp3) is 0.478. The Kier molecular flexibility index (Phi) is 7.35. The number of hydrogen-bond acceptors (Lipinski definition) is 7. The quantitative estimate of drug-likeness (QED) is 0.577. The molecule has 11 heteroatoms. The van der Waals surface area contributed by atoms with Crippen LogP contribution in [0.1, 0.15) is 47.5 Å². The second-order valence-corrected chi connectivity index (χ2v) is 12.2.